The van der Waals surface area contributed by atoms with Crippen molar-refractivity contribution >= 4 is 17.2 Å². The minimum Gasteiger partial charge on any atom is -0.384 e. The molecule has 0 radical (unpaired) electrons. The lowest BCUT2D eigenvalue weighted by Crippen LogP contribution is -2.34. The second-order valence-electron chi connectivity index (χ2n) is 5.49. The Morgan fingerprint density at radius 1 is 1.43 bits per heavy atom. The van der Waals surface area contributed by atoms with Crippen LogP contribution in [0, 0.1) is 0 Å². The highest BCUT2D eigenvalue weighted by Crippen LogP contribution is 2.22. The second-order valence-corrected chi connectivity index (χ2v) is 6.27. The molecule has 2 aromatic rings. The van der Waals surface area contributed by atoms with Gasteiger partial charge >= 0.3 is 0 Å². The van der Waals surface area contributed by atoms with Crippen LogP contribution in [0.3, 0.4) is 0 Å². The van der Waals surface area contributed by atoms with Gasteiger partial charge in [0.2, 0.25) is 0 Å². The number of amides is 1. The normalized spacial score (nSPS) is 13.9. The zero-order valence-corrected chi connectivity index (χ0v) is 13.3. The molecule has 2 heterocycles. The van der Waals surface area contributed by atoms with E-state index in [-0.39, 0.29) is 5.91 Å². The van der Waals surface area contributed by atoms with Crippen LogP contribution in [-0.2, 0) is 12.1 Å². The molecule has 21 heavy (non-hydrogen) atoms. The van der Waals surface area contributed by atoms with Crippen LogP contribution >= 0.6 is 11.3 Å². The maximum atomic E-state index is 11.8. The quantitative estimate of drug-likeness (QED) is 0.762. The van der Waals surface area contributed by atoms with E-state index in [1.54, 1.807) is 38.4 Å². The highest BCUT2D eigenvalue weighted by atomic mass is 32.1. The van der Waals surface area contributed by atoms with Gasteiger partial charge in [-0.05, 0) is 41.4 Å². The molecule has 0 saturated carbocycles. The number of hydrogen-bond donors (Lipinski definition) is 3. The molecule has 114 valence electrons. The lowest BCUT2D eigenvalue weighted by molar-refractivity contribution is 0.0570. The molecule has 0 aliphatic rings. The molecule has 3 N–H and O–H groups in total. The first-order valence-corrected chi connectivity index (χ1v) is 7.70. The summed E-state index contributed by atoms with van der Waals surface area (Å²) in [5.41, 5.74) is 1.51. The van der Waals surface area contributed by atoms with Crippen LogP contribution in [0.1, 0.15) is 28.7 Å². The third kappa shape index (κ3) is 3.93. The molecule has 0 saturated heterocycles. The van der Waals surface area contributed by atoms with Gasteiger partial charge in [0.25, 0.3) is 5.91 Å². The Balaban J connectivity index is 1.88. The fraction of sp³-hybridized carbons (Fsp3) is 0.400. The Hall–Kier alpha value is -1.63. The van der Waals surface area contributed by atoms with Crippen molar-refractivity contribution in [2.24, 2.45) is 0 Å². The van der Waals surface area contributed by atoms with Gasteiger partial charge in [-0.3, -0.25) is 4.79 Å². The van der Waals surface area contributed by atoms with Crippen LogP contribution in [0.2, 0.25) is 0 Å². The number of nitrogens with zero attached hydrogens (tertiary/aromatic N) is 1. The molecule has 5 nitrogen and oxygen atoms in total. The molecule has 0 aliphatic carbocycles. The summed E-state index contributed by atoms with van der Waals surface area (Å²) in [4.78, 5) is 16.4. The minimum atomic E-state index is -0.894. The highest BCUT2D eigenvalue weighted by molar-refractivity contribution is 7.08. The number of aromatic amines is 1. The standard InChI is InChI=1S/C15H21N3O2S/c1-15(20,11-6-7-21-9-11)10-16-8-12-4-5-13(17-12)14(19)18(2)3/h4-7,9,16-17,20H,8,10H2,1-3H3. The van der Waals surface area contributed by atoms with Gasteiger partial charge in [0.1, 0.15) is 5.69 Å². The summed E-state index contributed by atoms with van der Waals surface area (Å²) in [6.07, 6.45) is 0. The third-order valence-corrected chi connectivity index (χ3v) is 3.99. The number of carbonyl (C=O) groups is 1. The van der Waals surface area contributed by atoms with Crippen LogP contribution in [0.25, 0.3) is 0 Å². The van der Waals surface area contributed by atoms with E-state index in [0.717, 1.165) is 11.3 Å². The van der Waals surface area contributed by atoms with Gasteiger partial charge in [-0.15, -0.1) is 0 Å². The molecular formula is C15H21N3O2S. The average Bonchev–Trinajstić information content (AvgIpc) is 3.09. The smallest absolute Gasteiger partial charge is 0.269 e. The highest BCUT2D eigenvalue weighted by Gasteiger charge is 2.22. The lowest BCUT2D eigenvalue weighted by Gasteiger charge is -2.22. The predicted octanol–water partition coefficient (Wildman–Crippen LogP) is 1.78. The van der Waals surface area contributed by atoms with Crippen LogP contribution in [0.5, 0.6) is 0 Å². The van der Waals surface area contributed by atoms with E-state index in [2.05, 4.69) is 10.3 Å². The van der Waals surface area contributed by atoms with Crippen molar-refractivity contribution in [3.8, 4) is 0 Å². The molecule has 1 unspecified atom stereocenters. The fourth-order valence-electron chi connectivity index (χ4n) is 2.02. The summed E-state index contributed by atoms with van der Waals surface area (Å²) in [5, 5.41) is 17.5. The number of aliphatic hydroxyl groups is 1. The van der Waals surface area contributed by atoms with Crippen molar-refractivity contribution in [1.29, 1.82) is 0 Å². The lowest BCUT2D eigenvalue weighted by atomic mass is 9.99. The maximum Gasteiger partial charge on any atom is 0.269 e. The summed E-state index contributed by atoms with van der Waals surface area (Å²) in [7, 11) is 3.44. The molecule has 1 amide bonds. The zero-order valence-electron chi connectivity index (χ0n) is 12.5. The van der Waals surface area contributed by atoms with E-state index in [1.807, 2.05) is 22.9 Å². The fourth-order valence-corrected chi connectivity index (χ4v) is 2.81. The topological polar surface area (TPSA) is 68.4 Å². The van der Waals surface area contributed by atoms with Gasteiger partial charge in [0.15, 0.2) is 0 Å². The number of carbonyl (C=O) groups excluding carboxylic acids is 1. The number of H-pyrrole nitrogens is 1. The number of nitrogens with one attached hydrogen (secondary N) is 2. The SMILES string of the molecule is CN(C)C(=O)c1ccc(CNCC(C)(O)c2ccsc2)[nH]1. The summed E-state index contributed by atoms with van der Waals surface area (Å²) in [6.45, 7) is 2.80. The van der Waals surface area contributed by atoms with Crippen molar-refractivity contribution in [2.75, 3.05) is 20.6 Å². The van der Waals surface area contributed by atoms with E-state index >= 15 is 0 Å². The van der Waals surface area contributed by atoms with Gasteiger partial charge in [-0.25, -0.2) is 0 Å². The van der Waals surface area contributed by atoms with Gasteiger partial charge in [0, 0.05) is 32.9 Å². The first kappa shape index (κ1) is 15.8. The molecule has 0 aliphatic heterocycles. The summed E-state index contributed by atoms with van der Waals surface area (Å²) < 4.78 is 0. The van der Waals surface area contributed by atoms with Crippen molar-refractivity contribution in [1.82, 2.24) is 15.2 Å². The Labute approximate surface area is 128 Å². The largest absolute Gasteiger partial charge is 0.384 e. The van der Waals surface area contributed by atoms with Crippen LogP contribution in [-0.4, -0.2) is 41.5 Å². The Morgan fingerprint density at radius 3 is 2.81 bits per heavy atom. The predicted molar refractivity (Wildman–Crippen MR) is 84.4 cm³/mol. The van der Waals surface area contributed by atoms with E-state index in [1.165, 1.54) is 4.90 Å². The first-order chi connectivity index (χ1) is 9.90. The Kier molecular flexibility index (Phi) is 4.82. The van der Waals surface area contributed by atoms with Crippen molar-refractivity contribution in [3.63, 3.8) is 0 Å². The monoisotopic (exact) mass is 307 g/mol. The maximum absolute atomic E-state index is 11.8. The summed E-state index contributed by atoms with van der Waals surface area (Å²) in [6, 6.07) is 5.58. The molecular weight excluding hydrogens is 286 g/mol. The number of hydrogen-bond acceptors (Lipinski definition) is 4. The molecule has 0 spiro atoms. The van der Waals surface area contributed by atoms with Crippen LogP contribution in [0.4, 0.5) is 0 Å². The van der Waals surface area contributed by atoms with Crippen molar-refractivity contribution in [2.45, 2.75) is 19.1 Å². The summed E-state index contributed by atoms with van der Waals surface area (Å²) in [5.74, 6) is -0.0495. The van der Waals surface area contributed by atoms with Gasteiger partial charge in [0.05, 0.1) is 5.60 Å². The molecule has 2 aromatic heterocycles. The van der Waals surface area contributed by atoms with E-state index in [4.69, 9.17) is 0 Å². The molecule has 0 aromatic carbocycles. The second kappa shape index (κ2) is 6.43. The van der Waals surface area contributed by atoms with Crippen LogP contribution in [0.15, 0.2) is 29.0 Å². The van der Waals surface area contributed by atoms with Gasteiger partial charge in [-0.2, -0.15) is 11.3 Å². The van der Waals surface area contributed by atoms with Crippen LogP contribution < -0.4 is 5.32 Å². The zero-order chi connectivity index (χ0) is 15.5. The molecule has 6 heteroatoms. The first-order valence-electron chi connectivity index (χ1n) is 6.75. The van der Waals surface area contributed by atoms with E-state index < -0.39 is 5.60 Å². The molecule has 0 fully saturated rings. The Morgan fingerprint density at radius 2 is 2.19 bits per heavy atom. The van der Waals surface area contributed by atoms with E-state index in [0.29, 0.717) is 18.8 Å². The third-order valence-electron chi connectivity index (χ3n) is 3.31. The number of rotatable bonds is 6. The summed E-state index contributed by atoms with van der Waals surface area (Å²) >= 11 is 1.57. The van der Waals surface area contributed by atoms with Gasteiger partial charge < -0.3 is 20.3 Å². The van der Waals surface area contributed by atoms with Crippen molar-refractivity contribution < 1.29 is 9.90 Å². The minimum absolute atomic E-state index is 0.0495. The van der Waals surface area contributed by atoms with Gasteiger partial charge in [-0.1, -0.05) is 0 Å². The number of thiophene rings is 1. The average molecular weight is 307 g/mol. The number of aromatic nitrogens is 1. The molecule has 0 bridgehead atoms. The van der Waals surface area contributed by atoms with E-state index in [9.17, 15) is 9.90 Å². The molecule has 1 atom stereocenters. The van der Waals surface area contributed by atoms with Crippen molar-refractivity contribution in [3.05, 3.63) is 45.9 Å². The molecule has 2 rings (SSSR count). The Bertz CT molecular complexity index is 588.